The third kappa shape index (κ3) is 3.85. The Bertz CT molecular complexity index is 950. The lowest BCUT2D eigenvalue weighted by Crippen LogP contribution is -2.14. The molecule has 0 unspecified atom stereocenters. The van der Waals surface area contributed by atoms with Crippen LogP contribution < -0.4 is 4.72 Å². The second-order valence-corrected chi connectivity index (χ2v) is 8.29. The molecule has 2 aromatic rings. The molecule has 0 radical (unpaired) electrons. The molecule has 0 bridgehead atoms. The van der Waals surface area contributed by atoms with Gasteiger partial charge >= 0.3 is 0 Å². The van der Waals surface area contributed by atoms with Crippen molar-refractivity contribution in [3.05, 3.63) is 58.6 Å². The molecule has 0 aliphatic rings. The van der Waals surface area contributed by atoms with E-state index in [4.69, 9.17) is 0 Å². The average Bonchev–Trinajstić information content (AvgIpc) is 2.46. The van der Waals surface area contributed by atoms with Gasteiger partial charge in [-0.15, -0.1) is 0 Å². The lowest BCUT2D eigenvalue weighted by molar-refractivity contribution is -0.387. The molecule has 0 aromatic heterocycles. The number of rotatable bonds is 5. The molecule has 10 heteroatoms. The molecule has 0 aliphatic carbocycles. The number of anilines is 1. The van der Waals surface area contributed by atoms with Crippen LogP contribution >= 0.6 is 0 Å². The van der Waals surface area contributed by atoms with E-state index in [1.54, 1.807) is 0 Å². The normalized spacial score (nSPS) is 11.9. The summed E-state index contributed by atoms with van der Waals surface area (Å²) in [6.07, 6.45) is 1.03. The molecule has 8 nitrogen and oxygen atoms in total. The summed E-state index contributed by atoms with van der Waals surface area (Å²) in [6, 6.07) is 9.95. The molecule has 0 spiro atoms. The van der Waals surface area contributed by atoms with E-state index in [-0.39, 0.29) is 10.6 Å². The number of benzene rings is 2. The molecule has 0 saturated heterocycles. The van der Waals surface area contributed by atoms with Gasteiger partial charge in [-0.1, -0.05) is 12.1 Å². The van der Waals surface area contributed by atoms with Gasteiger partial charge in [0.2, 0.25) is 0 Å². The number of hydrogen-bond acceptors (Lipinski definition) is 6. The highest BCUT2D eigenvalue weighted by Gasteiger charge is 2.25. The van der Waals surface area contributed by atoms with E-state index in [9.17, 15) is 26.9 Å². The van der Waals surface area contributed by atoms with Crippen LogP contribution in [0.15, 0.2) is 58.3 Å². The van der Waals surface area contributed by atoms with Crippen molar-refractivity contribution in [3.8, 4) is 0 Å². The molecule has 0 saturated carbocycles. The van der Waals surface area contributed by atoms with Crippen molar-refractivity contribution in [1.82, 2.24) is 0 Å². The van der Waals surface area contributed by atoms with Crippen LogP contribution in [0.25, 0.3) is 0 Å². The quantitative estimate of drug-likeness (QED) is 0.643. The number of sulfone groups is 1. The van der Waals surface area contributed by atoms with Gasteiger partial charge in [0.05, 0.1) is 9.82 Å². The largest absolute Gasteiger partial charge is 0.289 e. The van der Waals surface area contributed by atoms with Crippen molar-refractivity contribution in [1.29, 1.82) is 0 Å². The van der Waals surface area contributed by atoms with E-state index in [2.05, 4.69) is 4.72 Å². The number of nitrogens with zero attached hydrogens (tertiary/aromatic N) is 1. The van der Waals surface area contributed by atoms with Crippen LogP contribution in [-0.4, -0.2) is 28.0 Å². The van der Waals surface area contributed by atoms with Gasteiger partial charge in [-0.2, -0.15) is 0 Å². The molecule has 0 amide bonds. The first kappa shape index (κ1) is 16.9. The fourth-order valence-electron chi connectivity index (χ4n) is 1.82. The van der Waals surface area contributed by atoms with E-state index in [1.807, 2.05) is 0 Å². The van der Waals surface area contributed by atoms with E-state index in [0.717, 1.165) is 18.4 Å². The van der Waals surface area contributed by atoms with Crippen molar-refractivity contribution in [2.24, 2.45) is 0 Å². The Balaban J connectivity index is 2.38. The summed E-state index contributed by atoms with van der Waals surface area (Å²) in [5.41, 5.74) is -0.455. The maximum atomic E-state index is 12.3. The van der Waals surface area contributed by atoms with Crippen molar-refractivity contribution in [2.45, 2.75) is 9.79 Å². The second-order valence-electron chi connectivity index (χ2n) is 4.63. The molecule has 1 N–H and O–H groups in total. The van der Waals surface area contributed by atoms with Crippen molar-refractivity contribution < 1.29 is 21.8 Å². The summed E-state index contributed by atoms with van der Waals surface area (Å²) in [5.74, 6) is 0. The SMILES string of the molecule is CS(=O)(=O)c1ccc(NS(=O)(=O)c2ccccc2[N+](=O)[O-])cc1. The number of sulfonamides is 1. The van der Waals surface area contributed by atoms with E-state index in [1.165, 1.54) is 36.4 Å². The summed E-state index contributed by atoms with van der Waals surface area (Å²) in [4.78, 5) is 9.69. The molecule has 0 atom stereocenters. The highest BCUT2D eigenvalue weighted by Crippen LogP contribution is 2.25. The Hall–Kier alpha value is -2.46. The predicted molar refractivity (Wildman–Crippen MR) is 83.5 cm³/mol. The van der Waals surface area contributed by atoms with Crippen LogP contribution in [0.1, 0.15) is 0 Å². The number of nitrogens with one attached hydrogen (secondary N) is 1. The zero-order valence-corrected chi connectivity index (χ0v) is 13.5. The molecule has 122 valence electrons. The monoisotopic (exact) mass is 356 g/mol. The summed E-state index contributed by atoms with van der Waals surface area (Å²) in [7, 11) is -7.58. The Morgan fingerprint density at radius 2 is 1.52 bits per heavy atom. The van der Waals surface area contributed by atoms with Gasteiger partial charge in [-0.05, 0) is 30.3 Å². The summed E-state index contributed by atoms with van der Waals surface area (Å²) < 4.78 is 49.4. The molecule has 23 heavy (non-hydrogen) atoms. The van der Waals surface area contributed by atoms with E-state index >= 15 is 0 Å². The molecule has 0 heterocycles. The predicted octanol–water partition coefficient (Wildman–Crippen LogP) is 1.80. The van der Waals surface area contributed by atoms with Gasteiger partial charge in [0, 0.05) is 18.0 Å². The summed E-state index contributed by atoms with van der Waals surface area (Å²) in [5, 5.41) is 10.9. The highest BCUT2D eigenvalue weighted by molar-refractivity contribution is 7.93. The molecular weight excluding hydrogens is 344 g/mol. The van der Waals surface area contributed by atoms with Crippen molar-refractivity contribution >= 4 is 31.2 Å². The first-order valence-electron chi connectivity index (χ1n) is 6.17. The van der Waals surface area contributed by atoms with Crippen LogP contribution in [0, 0.1) is 10.1 Å². The first-order valence-corrected chi connectivity index (χ1v) is 9.55. The third-order valence-corrected chi connectivity index (χ3v) is 5.44. The fraction of sp³-hybridized carbons (Fsp3) is 0.0769. The van der Waals surface area contributed by atoms with Crippen LogP contribution in [0.3, 0.4) is 0 Å². The maximum Gasteiger partial charge on any atom is 0.289 e. The first-order chi connectivity index (χ1) is 10.6. The molecule has 2 aromatic carbocycles. The van der Waals surface area contributed by atoms with Crippen molar-refractivity contribution in [3.63, 3.8) is 0 Å². The molecule has 0 fully saturated rings. The minimum atomic E-state index is -4.18. The van der Waals surface area contributed by atoms with Crippen LogP contribution in [-0.2, 0) is 19.9 Å². The zero-order valence-electron chi connectivity index (χ0n) is 11.8. The standard InChI is InChI=1S/C13H12N2O6S2/c1-22(18,19)11-8-6-10(7-9-11)14-23(20,21)13-5-3-2-4-12(13)15(16)17/h2-9,14H,1H3. The van der Waals surface area contributed by atoms with Gasteiger partial charge in [-0.25, -0.2) is 16.8 Å². The molecular formula is C13H12N2O6S2. The fourth-order valence-corrected chi connectivity index (χ4v) is 3.68. The second kappa shape index (κ2) is 5.97. The smallest absolute Gasteiger partial charge is 0.279 e. The summed E-state index contributed by atoms with van der Waals surface area (Å²) >= 11 is 0. The molecule has 2 rings (SSSR count). The van der Waals surface area contributed by atoms with E-state index in [0.29, 0.717) is 0 Å². The number of nitro benzene ring substituents is 1. The maximum absolute atomic E-state index is 12.3. The number of para-hydroxylation sites is 1. The van der Waals surface area contributed by atoms with Gasteiger partial charge in [0.1, 0.15) is 0 Å². The Morgan fingerprint density at radius 1 is 0.957 bits per heavy atom. The van der Waals surface area contributed by atoms with Crippen LogP contribution in [0.5, 0.6) is 0 Å². The summed E-state index contributed by atoms with van der Waals surface area (Å²) in [6.45, 7) is 0. The van der Waals surface area contributed by atoms with Gasteiger partial charge in [0.25, 0.3) is 15.7 Å². The zero-order chi connectivity index (χ0) is 17.3. The van der Waals surface area contributed by atoms with Gasteiger partial charge < -0.3 is 0 Å². The number of nitro groups is 1. The minimum Gasteiger partial charge on any atom is -0.279 e. The third-order valence-electron chi connectivity index (χ3n) is 2.89. The van der Waals surface area contributed by atoms with E-state index < -0.39 is 35.4 Å². The van der Waals surface area contributed by atoms with Crippen molar-refractivity contribution in [2.75, 3.05) is 11.0 Å². The number of hydrogen-bond donors (Lipinski definition) is 1. The molecule has 0 aliphatic heterocycles. The lowest BCUT2D eigenvalue weighted by Gasteiger charge is -2.09. The topological polar surface area (TPSA) is 123 Å². The highest BCUT2D eigenvalue weighted by atomic mass is 32.2. The minimum absolute atomic E-state index is 0.0335. The average molecular weight is 356 g/mol. The Labute approximate surface area is 132 Å². The van der Waals surface area contributed by atoms with Gasteiger partial charge in [0.15, 0.2) is 14.7 Å². The Morgan fingerprint density at radius 3 is 2.04 bits per heavy atom. The van der Waals surface area contributed by atoms with Crippen LogP contribution in [0.2, 0.25) is 0 Å². The lowest BCUT2D eigenvalue weighted by atomic mass is 10.3. The van der Waals surface area contributed by atoms with Crippen LogP contribution in [0.4, 0.5) is 11.4 Å². The van der Waals surface area contributed by atoms with Gasteiger partial charge in [-0.3, -0.25) is 14.8 Å². The Kier molecular flexibility index (Phi) is 4.39.